The Balaban J connectivity index is 2.05. The molecule has 5 nitrogen and oxygen atoms in total. The van der Waals surface area contributed by atoms with Crippen LogP contribution in [0.15, 0.2) is 18.2 Å². The lowest BCUT2D eigenvalue weighted by atomic mass is 10.2. The van der Waals surface area contributed by atoms with E-state index in [2.05, 4.69) is 20.8 Å². The molecule has 0 aliphatic rings. The summed E-state index contributed by atoms with van der Waals surface area (Å²) in [4.78, 5) is 11.7. The molecule has 2 aromatic rings. The topological polar surface area (TPSA) is 66.9 Å². The Morgan fingerprint density at radius 3 is 2.62 bits per heavy atom. The van der Waals surface area contributed by atoms with E-state index in [9.17, 15) is 18.0 Å². The van der Waals surface area contributed by atoms with E-state index in [-0.39, 0.29) is 16.5 Å². The van der Waals surface area contributed by atoms with E-state index >= 15 is 0 Å². The van der Waals surface area contributed by atoms with Crippen molar-refractivity contribution in [2.75, 3.05) is 10.6 Å². The summed E-state index contributed by atoms with van der Waals surface area (Å²) in [5.74, 6) is 0. The molecule has 10 heteroatoms. The van der Waals surface area contributed by atoms with E-state index in [1.54, 1.807) is 25.1 Å². The first-order valence-corrected chi connectivity index (χ1v) is 6.70. The Labute approximate surface area is 126 Å². The highest BCUT2D eigenvalue weighted by Crippen LogP contribution is 2.33. The van der Waals surface area contributed by atoms with Crippen LogP contribution in [0.1, 0.15) is 10.6 Å². The fourth-order valence-corrected chi connectivity index (χ4v) is 2.16. The molecule has 0 saturated heterocycles. The van der Waals surface area contributed by atoms with Gasteiger partial charge in [-0.3, -0.25) is 5.32 Å². The maximum absolute atomic E-state index is 12.3. The molecule has 1 aromatic carbocycles. The Kier molecular flexibility index (Phi) is 4.33. The van der Waals surface area contributed by atoms with Crippen molar-refractivity contribution in [2.24, 2.45) is 0 Å². The third-order valence-electron chi connectivity index (χ3n) is 2.40. The quantitative estimate of drug-likeness (QED) is 0.865. The molecule has 0 aliphatic heterocycles. The molecule has 0 bridgehead atoms. The second-order valence-electron chi connectivity index (χ2n) is 3.90. The number of halogens is 4. The van der Waals surface area contributed by atoms with Crippen molar-refractivity contribution < 1.29 is 18.0 Å². The van der Waals surface area contributed by atoms with Crippen molar-refractivity contribution in [1.82, 2.24) is 10.2 Å². The van der Waals surface area contributed by atoms with Gasteiger partial charge in [0.25, 0.3) is 0 Å². The Morgan fingerprint density at radius 1 is 1.29 bits per heavy atom. The minimum Gasteiger partial charge on any atom is -0.307 e. The minimum absolute atomic E-state index is 0.241. The first kappa shape index (κ1) is 15.5. The largest absolute Gasteiger partial charge is 0.445 e. The van der Waals surface area contributed by atoms with Gasteiger partial charge in [0.2, 0.25) is 10.1 Å². The van der Waals surface area contributed by atoms with Gasteiger partial charge < -0.3 is 5.32 Å². The van der Waals surface area contributed by atoms with Crippen molar-refractivity contribution in [1.29, 1.82) is 0 Å². The van der Waals surface area contributed by atoms with Gasteiger partial charge in [0.15, 0.2) is 0 Å². The molecule has 112 valence electrons. The van der Waals surface area contributed by atoms with Crippen LogP contribution >= 0.6 is 22.9 Å². The lowest BCUT2D eigenvalue weighted by molar-refractivity contribution is -0.138. The first-order chi connectivity index (χ1) is 9.77. The predicted molar refractivity (Wildman–Crippen MR) is 73.7 cm³/mol. The number of alkyl halides is 3. The van der Waals surface area contributed by atoms with Crippen LogP contribution in [-0.2, 0) is 6.18 Å². The van der Waals surface area contributed by atoms with Crippen LogP contribution < -0.4 is 10.6 Å². The average molecular weight is 337 g/mol. The molecular formula is C11H8ClF3N4OS. The molecule has 0 spiro atoms. The minimum atomic E-state index is -4.59. The monoisotopic (exact) mass is 336 g/mol. The second-order valence-corrected chi connectivity index (χ2v) is 5.29. The van der Waals surface area contributed by atoms with E-state index < -0.39 is 17.2 Å². The lowest BCUT2D eigenvalue weighted by Crippen LogP contribution is -2.19. The Bertz CT molecular complexity index is 674. The number of amides is 2. The maximum Gasteiger partial charge on any atom is 0.445 e. The highest BCUT2D eigenvalue weighted by atomic mass is 35.5. The zero-order valence-electron chi connectivity index (χ0n) is 10.5. The Hall–Kier alpha value is -1.87. The number of hydrogen-bond donors (Lipinski definition) is 2. The number of nitrogens with one attached hydrogen (secondary N) is 2. The maximum atomic E-state index is 12.3. The lowest BCUT2D eigenvalue weighted by Gasteiger charge is -2.09. The highest BCUT2D eigenvalue weighted by Gasteiger charge is 2.35. The van der Waals surface area contributed by atoms with Gasteiger partial charge in [0.05, 0.1) is 0 Å². The molecule has 0 radical (unpaired) electrons. The van der Waals surface area contributed by atoms with Crippen LogP contribution in [0, 0.1) is 6.92 Å². The molecule has 21 heavy (non-hydrogen) atoms. The number of anilines is 2. The van der Waals surface area contributed by atoms with E-state index in [0.29, 0.717) is 16.3 Å². The summed E-state index contributed by atoms with van der Waals surface area (Å²) in [5, 5.41) is 9.95. The van der Waals surface area contributed by atoms with Crippen LogP contribution in [0.2, 0.25) is 5.02 Å². The zero-order chi connectivity index (χ0) is 15.6. The molecule has 0 saturated carbocycles. The van der Waals surface area contributed by atoms with E-state index in [1.807, 2.05) is 0 Å². The molecule has 1 aromatic heterocycles. The molecule has 2 N–H and O–H groups in total. The van der Waals surface area contributed by atoms with Crippen molar-refractivity contribution in [3.05, 3.63) is 33.8 Å². The summed E-state index contributed by atoms with van der Waals surface area (Å²) >= 11 is 6.13. The third kappa shape index (κ3) is 3.82. The van der Waals surface area contributed by atoms with Crippen molar-refractivity contribution >= 4 is 39.8 Å². The number of carbonyl (C=O) groups excluding carboxylic acids is 1. The molecule has 0 atom stereocenters. The summed E-state index contributed by atoms with van der Waals surface area (Å²) in [6.07, 6.45) is -4.59. The summed E-state index contributed by atoms with van der Waals surface area (Å²) in [6, 6.07) is 4.17. The SMILES string of the molecule is Cc1c(Cl)cccc1NC(=O)Nc1nnc(C(F)(F)F)s1. The van der Waals surface area contributed by atoms with Gasteiger partial charge in [0, 0.05) is 10.7 Å². The molecule has 2 amide bonds. The van der Waals surface area contributed by atoms with Gasteiger partial charge in [-0.25, -0.2) is 4.79 Å². The fraction of sp³-hybridized carbons (Fsp3) is 0.182. The van der Waals surface area contributed by atoms with Crippen LogP contribution in [0.3, 0.4) is 0 Å². The molecule has 2 rings (SSSR count). The van der Waals surface area contributed by atoms with Gasteiger partial charge in [0.1, 0.15) is 0 Å². The standard InChI is InChI=1S/C11H8ClF3N4OS/c1-5-6(12)3-2-4-7(5)16-9(20)17-10-19-18-8(21-10)11(13,14)15/h2-4H,1H3,(H2,16,17,19,20). The number of carbonyl (C=O) groups is 1. The van der Waals surface area contributed by atoms with Crippen LogP contribution in [0.5, 0.6) is 0 Å². The normalized spacial score (nSPS) is 11.3. The summed E-state index contributed by atoms with van der Waals surface area (Å²) in [7, 11) is 0. The van der Waals surface area contributed by atoms with E-state index in [0.717, 1.165) is 0 Å². The fourth-order valence-electron chi connectivity index (χ4n) is 1.38. The average Bonchev–Trinajstić information content (AvgIpc) is 2.83. The highest BCUT2D eigenvalue weighted by molar-refractivity contribution is 7.15. The van der Waals surface area contributed by atoms with E-state index in [4.69, 9.17) is 11.6 Å². The van der Waals surface area contributed by atoms with Crippen LogP contribution in [-0.4, -0.2) is 16.2 Å². The van der Waals surface area contributed by atoms with Gasteiger partial charge >= 0.3 is 12.2 Å². The van der Waals surface area contributed by atoms with E-state index in [1.165, 1.54) is 0 Å². The summed E-state index contributed by atoms with van der Waals surface area (Å²) in [6.45, 7) is 1.70. The van der Waals surface area contributed by atoms with Gasteiger partial charge in [-0.15, -0.1) is 10.2 Å². The van der Waals surface area contributed by atoms with Crippen molar-refractivity contribution in [2.45, 2.75) is 13.1 Å². The van der Waals surface area contributed by atoms with Gasteiger partial charge in [-0.2, -0.15) is 13.2 Å². The summed E-state index contributed by atoms with van der Waals surface area (Å²) < 4.78 is 37.0. The molecule has 0 unspecified atom stereocenters. The van der Waals surface area contributed by atoms with Crippen molar-refractivity contribution in [3.8, 4) is 0 Å². The second kappa shape index (κ2) is 5.86. The van der Waals surface area contributed by atoms with Gasteiger partial charge in [-0.1, -0.05) is 29.0 Å². The van der Waals surface area contributed by atoms with Crippen molar-refractivity contribution in [3.63, 3.8) is 0 Å². The number of rotatable bonds is 2. The third-order valence-corrected chi connectivity index (χ3v) is 3.70. The number of aromatic nitrogens is 2. The predicted octanol–water partition coefficient (Wildman–Crippen LogP) is 4.16. The molecule has 1 heterocycles. The zero-order valence-corrected chi connectivity index (χ0v) is 12.0. The first-order valence-electron chi connectivity index (χ1n) is 5.51. The molecule has 0 aliphatic carbocycles. The number of nitrogens with zero attached hydrogens (tertiary/aromatic N) is 2. The smallest absolute Gasteiger partial charge is 0.307 e. The number of urea groups is 1. The molecule has 0 fully saturated rings. The number of hydrogen-bond acceptors (Lipinski definition) is 4. The van der Waals surface area contributed by atoms with Crippen LogP contribution in [0.4, 0.5) is 28.8 Å². The number of benzene rings is 1. The van der Waals surface area contributed by atoms with Gasteiger partial charge in [-0.05, 0) is 24.6 Å². The Morgan fingerprint density at radius 2 is 2.00 bits per heavy atom. The summed E-state index contributed by atoms with van der Waals surface area (Å²) in [5.41, 5.74) is 1.09. The van der Waals surface area contributed by atoms with Crippen LogP contribution in [0.25, 0.3) is 0 Å². The molecular weight excluding hydrogens is 329 g/mol.